The molecule has 0 aliphatic heterocycles. The van der Waals surface area contributed by atoms with Gasteiger partial charge in [0.1, 0.15) is 5.82 Å². The van der Waals surface area contributed by atoms with E-state index in [0.29, 0.717) is 5.39 Å². The normalized spacial score (nSPS) is 8.97. The van der Waals surface area contributed by atoms with Crippen LogP contribution in [-0.4, -0.2) is 0 Å². The maximum Gasteiger partial charge on any atom is 0.131 e. The lowest BCUT2D eigenvalue weighted by molar-refractivity contribution is 0.640. The number of fused-ring (bicyclic) bond motifs is 4. The van der Waals surface area contributed by atoms with Gasteiger partial charge in [-0.2, -0.15) is 0 Å². The molecular formula is C22H20F8. The highest BCUT2D eigenvalue weighted by atomic mass is 19.1. The Morgan fingerprint density at radius 3 is 1.23 bits per heavy atom. The molecule has 0 radical (unpaired) electrons. The van der Waals surface area contributed by atoms with Crippen molar-refractivity contribution in [1.82, 2.24) is 0 Å². The summed E-state index contributed by atoms with van der Waals surface area (Å²) in [6.45, 7) is 0. The first-order chi connectivity index (χ1) is 11.3. The Hall–Kier alpha value is -3.42. The summed E-state index contributed by atoms with van der Waals surface area (Å²) < 4.78 is 14.0. The average Bonchev–Trinajstić information content (AvgIpc) is 2.57. The van der Waals surface area contributed by atoms with E-state index in [0.717, 1.165) is 16.2 Å². The largest absolute Gasteiger partial charge is 0.269 e. The molecule has 0 saturated heterocycles. The average molecular weight is 436 g/mol. The topological polar surface area (TPSA) is 0 Å². The third kappa shape index (κ3) is 4.76. The number of halogens is 8. The van der Waals surface area contributed by atoms with Crippen LogP contribution < -0.4 is 0 Å². The van der Waals surface area contributed by atoms with Gasteiger partial charge in [-0.25, -0.2) is 4.39 Å². The fraction of sp³-hybridized carbons (Fsp3) is 0. The van der Waals surface area contributed by atoms with Crippen molar-refractivity contribution in [3.05, 3.63) is 84.7 Å². The van der Waals surface area contributed by atoms with Gasteiger partial charge in [-0.15, -0.1) is 0 Å². The van der Waals surface area contributed by atoms with Crippen LogP contribution in [0.1, 0.15) is 0 Å². The second kappa shape index (κ2) is 11.5. The van der Waals surface area contributed by atoms with Gasteiger partial charge in [0.15, 0.2) is 0 Å². The quantitative estimate of drug-likeness (QED) is 0.174. The number of hydrogen-bond donors (Lipinski definition) is 0. The summed E-state index contributed by atoms with van der Waals surface area (Å²) in [4.78, 5) is 0. The van der Waals surface area contributed by atoms with Crippen LogP contribution >= 0.6 is 0 Å². The van der Waals surface area contributed by atoms with E-state index in [1.54, 1.807) is 6.07 Å². The Balaban J connectivity index is -0.00000104. The molecule has 0 aromatic heterocycles. The first kappa shape index (κ1) is 31.3. The molecule has 0 heterocycles. The van der Waals surface area contributed by atoms with Gasteiger partial charge in [0.05, 0.1) is 0 Å². The van der Waals surface area contributed by atoms with Crippen LogP contribution in [0.3, 0.4) is 0 Å². The molecule has 0 saturated carbocycles. The zero-order valence-corrected chi connectivity index (χ0v) is 15.2. The van der Waals surface area contributed by atoms with Crippen molar-refractivity contribution in [3.8, 4) is 0 Å². The third-order valence-corrected chi connectivity index (χ3v) is 4.60. The van der Waals surface area contributed by atoms with Crippen LogP contribution in [0.15, 0.2) is 78.9 Å². The van der Waals surface area contributed by atoms with Crippen molar-refractivity contribution in [2.45, 2.75) is 0 Å². The molecule has 164 valence electrons. The Morgan fingerprint density at radius 2 is 0.733 bits per heavy atom. The molecule has 0 unspecified atom stereocenters. The van der Waals surface area contributed by atoms with E-state index in [1.807, 2.05) is 12.1 Å². The van der Waals surface area contributed by atoms with Gasteiger partial charge < -0.3 is 0 Å². The Labute approximate surface area is 165 Å². The summed E-state index contributed by atoms with van der Waals surface area (Å²) in [5.74, 6) is -0.164. The van der Waals surface area contributed by atoms with Crippen LogP contribution in [0.25, 0.3) is 43.1 Å². The van der Waals surface area contributed by atoms with Gasteiger partial charge in [-0.05, 0) is 80.2 Å². The molecule has 0 amide bonds. The lowest BCUT2D eigenvalue weighted by Gasteiger charge is -2.07. The van der Waals surface area contributed by atoms with Gasteiger partial charge in [-0.3, -0.25) is 32.9 Å². The SMILES string of the molecule is F.F.F.F.F.F.F.Fc1cccc2cc3cc4cc5ccccc5cc4cc3cc12. The Kier molecular flexibility index (Phi) is 12.0. The van der Waals surface area contributed by atoms with Crippen LogP contribution in [-0.2, 0) is 0 Å². The van der Waals surface area contributed by atoms with E-state index in [1.165, 1.54) is 27.6 Å². The molecule has 0 fully saturated rings. The highest BCUT2D eigenvalue weighted by Gasteiger charge is 2.05. The molecule has 5 rings (SSSR count). The molecule has 0 nitrogen and oxygen atoms in total. The molecule has 0 atom stereocenters. The molecule has 30 heavy (non-hydrogen) atoms. The van der Waals surface area contributed by atoms with E-state index in [4.69, 9.17) is 0 Å². The van der Waals surface area contributed by atoms with Crippen LogP contribution in [0.2, 0.25) is 0 Å². The zero-order chi connectivity index (χ0) is 15.4. The minimum atomic E-state index is -0.164. The van der Waals surface area contributed by atoms with Crippen LogP contribution in [0.5, 0.6) is 0 Å². The maximum absolute atomic E-state index is 14.0. The monoisotopic (exact) mass is 436 g/mol. The smallest absolute Gasteiger partial charge is 0.131 e. The van der Waals surface area contributed by atoms with E-state index in [9.17, 15) is 4.39 Å². The summed E-state index contributed by atoms with van der Waals surface area (Å²) in [6.07, 6.45) is 0. The third-order valence-electron chi connectivity index (χ3n) is 4.60. The molecule has 5 aromatic carbocycles. The van der Waals surface area contributed by atoms with Crippen molar-refractivity contribution >= 4 is 43.1 Å². The van der Waals surface area contributed by atoms with Crippen LogP contribution in [0.4, 0.5) is 37.3 Å². The summed E-state index contributed by atoms with van der Waals surface area (Å²) in [5.41, 5.74) is 0. The second-order valence-electron chi connectivity index (χ2n) is 6.06. The predicted molar refractivity (Wildman–Crippen MR) is 114 cm³/mol. The Bertz CT molecular complexity index is 1240. The molecule has 0 N–H and O–H groups in total. The molecule has 0 bridgehead atoms. The van der Waals surface area contributed by atoms with E-state index in [2.05, 4.69) is 54.6 Å². The predicted octanol–water partition coefficient (Wildman–Crippen LogP) is 7.51. The van der Waals surface area contributed by atoms with Crippen molar-refractivity contribution in [1.29, 1.82) is 0 Å². The fourth-order valence-electron chi connectivity index (χ4n) is 3.43. The molecule has 0 aliphatic carbocycles. The van der Waals surface area contributed by atoms with E-state index >= 15 is 0 Å². The number of hydrogen-bond acceptors (Lipinski definition) is 0. The summed E-state index contributed by atoms with van der Waals surface area (Å²) >= 11 is 0. The molecule has 0 spiro atoms. The molecule has 8 heteroatoms. The fourth-order valence-corrected chi connectivity index (χ4v) is 3.43. The van der Waals surface area contributed by atoms with Crippen molar-refractivity contribution in [2.24, 2.45) is 0 Å². The number of benzene rings is 5. The summed E-state index contributed by atoms with van der Waals surface area (Å²) in [6, 6.07) is 26.4. The number of rotatable bonds is 0. The standard InChI is InChI=1S/C22H13F.7FH/c23-22-7-3-6-16-10-19-11-17-8-14-4-1-2-5-15(14)9-18(17)12-20(19)13-21(16)22;;;;;;;/h1-13H;7*1H. The zero-order valence-electron chi connectivity index (χ0n) is 15.2. The van der Waals surface area contributed by atoms with Gasteiger partial charge in [-0.1, -0.05) is 36.4 Å². The van der Waals surface area contributed by atoms with Crippen molar-refractivity contribution in [2.75, 3.05) is 0 Å². The lowest BCUT2D eigenvalue weighted by Crippen LogP contribution is -1.82. The minimum absolute atomic E-state index is 0. The van der Waals surface area contributed by atoms with Crippen LogP contribution in [0, 0.1) is 5.82 Å². The maximum atomic E-state index is 14.0. The first-order valence-electron chi connectivity index (χ1n) is 7.72. The minimum Gasteiger partial charge on any atom is -0.269 e. The first-order valence-corrected chi connectivity index (χ1v) is 7.72. The van der Waals surface area contributed by atoms with Gasteiger partial charge in [0.2, 0.25) is 0 Å². The van der Waals surface area contributed by atoms with Gasteiger partial charge in [0.25, 0.3) is 0 Å². The Morgan fingerprint density at radius 1 is 0.367 bits per heavy atom. The second-order valence-corrected chi connectivity index (χ2v) is 6.06. The van der Waals surface area contributed by atoms with Crippen molar-refractivity contribution in [3.63, 3.8) is 0 Å². The summed E-state index contributed by atoms with van der Waals surface area (Å²) in [5, 5.41) is 8.71. The molecular weight excluding hydrogens is 416 g/mol. The van der Waals surface area contributed by atoms with E-state index < -0.39 is 0 Å². The molecule has 0 aliphatic rings. The highest BCUT2D eigenvalue weighted by molar-refractivity contribution is 6.08. The lowest BCUT2D eigenvalue weighted by atomic mass is 9.97. The van der Waals surface area contributed by atoms with E-state index in [-0.39, 0.29) is 38.7 Å². The highest BCUT2D eigenvalue weighted by Crippen LogP contribution is 2.30. The van der Waals surface area contributed by atoms with Gasteiger partial charge >= 0.3 is 0 Å². The van der Waals surface area contributed by atoms with Crippen molar-refractivity contribution < 1.29 is 37.3 Å². The molecule has 5 aromatic rings. The van der Waals surface area contributed by atoms with Gasteiger partial charge in [0, 0.05) is 5.39 Å². The summed E-state index contributed by atoms with van der Waals surface area (Å²) in [7, 11) is 0.